The lowest BCUT2D eigenvalue weighted by molar-refractivity contribution is 0.368. The second kappa shape index (κ2) is 5.02. The number of rotatable bonds is 4. The number of hydrogen-bond acceptors (Lipinski definition) is 4. The van der Waals surface area contributed by atoms with Gasteiger partial charge in [0.1, 0.15) is 12.1 Å². The molecular formula is C13H16ClN3S. The third kappa shape index (κ3) is 2.19. The van der Waals surface area contributed by atoms with Gasteiger partial charge in [-0.15, -0.1) is 22.9 Å². The quantitative estimate of drug-likeness (QED) is 0.864. The fourth-order valence-electron chi connectivity index (χ4n) is 2.67. The largest absolute Gasteiger partial charge is 0.368 e. The summed E-state index contributed by atoms with van der Waals surface area (Å²) in [6.07, 6.45) is 6.67. The molecule has 1 saturated carbocycles. The first-order valence-electron chi connectivity index (χ1n) is 6.31. The minimum atomic E-state index is 0.260. The topological polar surface area (TPSA) is 37.8 Å². The molecule has 0 aliphatic heterocycles. The molecule has 1 N–H and O–H groups in total. The van der Waals surface area contributed by atoms with Gasteiger partial charge in [0.25, 0.3) is 0 Å². The van der Waals surface area contributed by atoms with Gasteiger partial charge in [-0.3, -0.25) is 0 Å². The highest BCUT2D eigenvalue weighted by Crippen LogP contribution is 2.39. The zero-order valence-electron chi connectivity index (χ0n) is 10.2. The van der Waals surface area contributed by atoms with Gasteiger partial charge in [0.2, 0.25) is 0 Å². The van der Waals surface area contributed by atoms with Crippen LogP contribution in [0.3, 0.4) is 0 Å². The van der Waals surface area contributed by atoms with Crippen molar-refractivity contribution in [3.8, 4) is 0 Å². The molecule has 0 unspecified atom stereocenters. The SMILES string of the molecule is ClCC1(CNc2ncnc3ccsc23)CCCC1. The number of hydrogen-bond donors (Lipinski definition) is 1. The second-order valence-corrected chi connectivity index (χ2v) is 6.23. The molecule has 0 aromatic carbocycles. The Morgan fingerprint density at radius 1 is 1.33 bits per heavy atom. The lowest BCUT2D eigenvalue weighted by atomic mass is 9.88. The Morgan fingerprint density at radius 3 is 2.94 bits per heavy atom. The standard InChI is InChI=1S/C13H16ClN3S/c14-7-13(4-1-2-5-13)8-15-12-11-10(3-6-18-11)16-9-17-12/h3,6,9H,1-2,4-5,7-8H2,(H,15,16,17). The zero-order chi connectivity index (χ0) is 12.4. The van der Waals surface area contributed by atoms with Crippen molar-refractivity contribution in [2.45, 2.75) is 25.7 Å². The number of nitrogens with zero attached hydrogens (tertiary/aromatic N) is 2. The van der Waals surface area contributed by atoms with Crippen LogP contribution in [-0.2, 0) is 0 Å². The Kier molecular flexibility index (Phi) is 3.39. The predicted molar refractivity (Wildman–Crippen MR) is 77.5 cm³/mol. The molecule has 0 bridgehead atoms. The number of alkyl halides is 1. The van der Waals surface area contributed by atoms with Crippen molar-refractivity contribution in [1.82, 2.24) is 9.97 Å². The van der Waals surface area contributed by atoms with Gasteiger partial charge in [-0.05, 0) is 24.3 Å². The third-order valence-corrected chi connectivity index (χ3v) is 5.30. The molecule has 2 aromatic heterocycles. The Morgan fingerprint density at radius 2 is 2.17 bits per heavy atom. The van der Waals surface area contributed by atoms with Gasteiger partial charge in [0, 0.05) is 17.8 Å². The molecule has 3 rings (SSSR count). The van der Waals surface area contributed by atoms with E-state index in [1.54, 1.807) is 17.7 Å². The fraction of sp³-hybridized carbons (Fsp3) is 0.538. The summed E-state index contributed by atoms with van der Waals surface area (Å²) in [6, 6.07) is 2.03. The average Bonchev–Trinajstić information content (AvgIpc) is 3.06. The van der Waals surface area contributed by atoms with Crippen molar-refractivity contribution < 1.29 is 0 Å². The van der Waals surface area contributed by atoms with Gasteiger partial charge in [0.15, 0.2) is 0 Å². The monoisotopic (exact) mass is 281 g/mol. The van der Waals surface area contributed by atoms with Gasteiger partial charge in [-0.1, -0.05) is 12.8 Å². The summed E-state index contributed by atoms with van der Waals surface area (Å²) in [4.78, 5) is 8.60. The molecule has 1 aliphatic rings. The first kappa shape index (κ1) is 12.2. The molecule has 18 heavy (non-hydrogen) atoms. The van der Waals surface area contributed by atoms with E-state index in [1.165, 1.54) is 25.7 Å². The Bertz CT molecular complexity index is 534. The van der Waals surface area contributed by atoms with Gasteiger partial charge >= 0.3 is 0 Å². The van der Waals surface area contributed by atoms with E-state index in [2.05, 4.69) is 20.7 Å². The summed E-state index contributed by atoms with van der Waals surface area (Å²) in [5.41, 5.74) is 1.28. The average molecular weight is 282 g/mol. The Hall–Kier alpha value is -0.870. The molecule has 5 heteroatoms. The van der Waals surface area contributed by atoms with E-state index >= 15 is 0 Å². The molecule has 3 nitrogen and oxygen atoms in total. The lowest BCUT2D eigenvalue weighted by Crippen LogP contribution is -2.28. The molecule has 2 heterocycles. The second-order valence-electron chi connectivity index (χ2n) is 5.05. The van der Waals surface area contributed by atoms with E-state index in [1.807, 2.05) is 6.07 Å². The van der Waals surface area contributed by atoms with E-state index in [9.17, 15) is 0 Å². The Balaban J connectivity index is 1.78. The molecule has 0 atom stereocenters. The Labute approximate surface area is 116 Å². The van der Waals surface area contributed by atoms with E-state index in [-0.39, 0.29) is 5.41 Å². The number of halogens is 1. The number of aromatic nitrogens is 2. The van der Waals surface area contributed by atoms with Crippen molar-refractivity contribution in [3.63, 3.8) is 0 Å². The van der Waals surface area contributed by atoms with Crippen LogP contribution in [-0.4, -0.2) is 22.4 Å². The summed E-state index contributed by atoms with van der Waals surface area (Å²) < 4.78 is 1.14. The lowest BCUT2D eigenvalue weighted by Gasteiger charge is -2.26. The highest BCUT2D eigenvalue weighted by Gasteiger charge is 2.32. The molecule has 1 fully saturated rings. The summed E-state index contributed by atoms with van der Waals surface area (Å²) in [5.74, 6) is 1.69. The molecule has 0 saturated heterocycles. The van der Waals surface area contributed by atoms with E-state index in [0.717, 1.165) is 28.5 Å². The molecule has 0 amide bonds. The van der Waals surface area contributed by atoms with Crippen LogP contribution < -0.4 is 5.32 Å². The van der Waals surface area contributed by atoms with Crippen molar-refractivity contribution in [3.05, 3.63) is 17.8 Å². The van der Waals surface area contributed by atoms with Crippen molar-refractivity contribution in [1.29, 1.82) is 0 Å². The minimum Gasteiger partial charge on any atom is -0.368 e. The summed E-state index contributed by atoms with van der Waals surface area (Å²) in [7, 11) is 0. The van der Waals surface area contributed by atoms with Crippen molar-refractivity contribution >= 4 is 39.0 Å². The number of fused-ring (bicyclic) bond motifs is 1. The van der Waals surface area contributed by atoms with Crippen molar-refractivity contribution in [2.24, 2.45) is 5.41 Å². The maximum Gasteiger partial charge on any atom is 0.147 e. The highest BCUT2D eigenvalue weighted by molar-refractivity contribution is 7.17. The van der Waals surface area contributed by atoms with Gasteiger partial charge in [0.05, 0.1) is 10.2 Å². The van der Waals surface area contributed by atoms with Crippen LogP contribution in [0.4, 0.5) is 5.82 Å². The summed E-state index contributed by atoms with van der Waals surface area (Å²) in [5, 5.41) is 5.54. The van der Waals surface area contributed by atoms with E-state index in [0.29, 0.717) is 0 Å². The molecule has 0 radical (unpaired) electrons. The molecule has 1 aliphatic carbocycles. The summed E-state index contributed by atoms with van der Waals surface area (Å²) in [6.45, 7) is 0.917. The maximum absolute atomic E-state index is 6.16. The molecule has 96 valence electrons. The molecular weight excluding hydrogens is 266 g/mol. The van der Waals surface area contributed by atoms with Crippen LogP contribution in [0.25, 0.3) is 10.2 Å². The van der Waals surface area contributed by atoms with Crippen LogP contribution >= 0.6 is 22.9 Å². The normalized spacial score (nSPS) is 18.3. The van der Waals surface area contributed by atoms with Crippen LogP contribution in [0.2, 0.25) is 0 Å². The van der Waals surface area contributed by atoms with E-state index < -0.39 is 0 Å². The minimum absolute atomic E-state index is 0.260. The van der Waals surface area contributed by atoms with Gasteiger partial charge in [-0.25, -0.2) is 9.97 Å². The van der Waals surface area contributed by atoms with Crippen molar-refractivity contribution in [2.75, 3.05) is 17.7 Å². The van der Waals surface area contributed by atoms with Gasteiger partial charge in [-0.2, -0.15) is 0 Å². The number of thiophene rings is 1. The third-order valence-electron chi connectivity index (χ3n) is 3.82. The maximum atomic E-state index is 6.16. The molecule has 2 aromatic rings. The molecule has 0 spiro atoms. The predicted octanol–water partition coefficient (Wildman–Crippen LogP) is 3.90. The van der Waals surface area contributed by atoms with Crippen LogP contribution in [0.15, 0.2) is 17.8 Å². The highest BCUT2D eigenvalue weighted by atomic mass is 35.5. The smallest absolute Gasteiger partial charge is 0.147 e. The first-order chi connectivity index (χ1) is 8.83. The summed E-state index contributed by atoms with van der Waals surface area (Å²) >= 11 is 7.84. The van der Waals surface area contributed by atoms with Crippen LogP contribution in [0.1, 0.15) is 25.7 Å². The number of anilines is 1. The number of nitrogens with one attached hydrogen (secondary N) is 1. The van der Waals surface area contributed by atoms with Gasteiger partial charge < -0.3 is 5.32 Å². The van der Waals surface area contributed by atoms with E-state index in [4.69, 9.17) is 11.6 Å². The fourth-order valence-corrected chi connectivity index (χ4v) is 3.84. The first-order valence-corrected chi connectivity index (χ1v) is 7.72. The van der Waals surface area contributed by atoms with Crippen LogP contribution in [0.5, 0.6) is 0 Å². The van der Waals surface area contributed by atoms with Crippen LogP contribution in [0, 0.1) is 5.41 Å². The zero-order valence-corrected chi connectivity index (χ0v) is 11.7.